The molecule has 2 aromatic rings. The molecule has 1 aliphatic rings. The maximum atomic E-state index is 12.9. The molecule has 2 amide bonds. The van der Waals surface area contributed by atoms with Gasteiger partial charge in [-0.3, -0.25) is 9.59 Å². The number of nitrogens with one attached hydrogen (secondary N) is 1. The highest BCUT2D eigenvalue weighted by Gasteiger charge is 2.16. The van der Waals surface area contributed by atoms with E-state index in [1.54, 1.807) is 17.0 Å². The summed E-state index contributed by atoms with van der Waals surface area (Å²) in [7, 11) is 0. The van der Waals surface area contributed by atoms with Crippen LogP contribution in [-0.2, 0) is 22.7 Å². The molecule has 0 aliphatic carbocycles. The van der Waals surface area contributed by atoms with Gasteiger partial charge in [-0.15, -0.1) is 0 Å². The van der Waals surface area contributed by atoms with Crippen LogP contribution in [0.4, 0.5) is 4.39 Å². The summed E-state index contributed by atoms with van der Waals surface area (Å²) in [6.07, 6.45) is 0.186. The molecule has 0 aromatic heterocycles. The summed E-state index contributed by atoms with van der Waals surface area (Å²) in [4.78, 5) is 25.6. The molecule has 0 atom stereocenters. The van der Waals surface area contributed by atoms with Gasteiger partial charge < -0.3 is 19.7 Å². The highest BCUT2D eigenvalue weighted by molar-refractivity contribution is 5.78. The maximum Gasteiger partial charge on any atom is 0.231 e. The number of rotatable bonds is 7. The summed E-state index contributed by atoms with van der Waals surface area (Å²) in [6.45, 7) is 2.68. The van der Waals surface area contributed by atoms with Crippen molar-refractivity contribution in [1.82, 2.24) is 10.2 Å². The summed E-state index contributed by atoms with van der Waals surface area (Å²) in [5, 5.41) is 2.77. The van der Waals surface area contributed by atoms with Gasteiger partial charge in [0.05, 0.1) is 0 Å². The van der Waals surface area contributed by atoms with Crippen LogP contribution < -0.4 is 14.8 Å². The molecule has 27 heavy (non-hydrogen) atoms. The van der Waals surface area contributed by atoms with Crippen molar-refractivity contribution in [3.05, 3.63) is 59.4 Å². The van der Waals surface area contributed by atoms with E-state index >= 15 is 0 Å². The lowest BCUT2D eigenvalue weighted by molar-refractivity contribution is -0.130. The first kappa shape index (κ1) is 18.7. The Morgan fingerprint density at radius 3 is 2.52 bits per heavy atom. The third-order valence-electron chi connectivity index (χ3n) is 4.27. The molecule has 0 fully saturated rings. The van der Waals surface area contributed by atoms with Crippen LogP contribution in [0.3, 0.4) is 0 Å². The van der Waals surface area contributed by atoms with Crippen LogP contribution in [0.25, 0.3) is 0 Å². The van der Waals surface area contributed by atoms with E-state index in [1.807, 2.05) is 18.2 Å². The highest BCUT2D eigenvalue weighted by atomic mass is 19.1. The first-order valence-electron chi connectivity index (χ1n) is 8.66. The third-order valence-corrected chi connectivity index (χ3v) is 4.27. The first-order chi connectivity index (χ1) is 13.0. The van der Waals surface area contributed by atoms with E-state index in [0.717, 1.165) is 11.1 Å². The van der Waals surface area contributed by atoms with Gasteiger partial charge in [-0.2, -0.15) is 0 Å². The van der Waals surface area contributed by atoms with Crippen molar-refractivity contribution >= 4 is 11.8 Å². The molecule has 0 bridgehead atoms. The minimum atomic E-state index is -0.314. The van der Waals surface area contributed by atoms with Crippen molar-refractivity contribution in [3.8, 4) is 11.5 Å². The quantitative estimate of drug-likeness (QED) is 0.811. The Hall–Kier alpha value is -3.09. The van der Waals surface area contributed by atoms with Crippen LogP contribution >= 0.6 is 0 Å². The number of halogens is 1. The molecule has 3 rings (SSSR count). The van der Waals surface area contributed by atoms with Crippen LogP contribution in [-0.4, -0.2) is 30.1 Å². The van der Waals surface area contributed by atoms with Gasteiger partial charge >= 0.3 is 0 Å². The number of hydrogen-bond acceptors (Lipinski definition) is 4. The predicted octanol–water partition coefficient (Wildman–Crippen LogP) is 2.61. The molecule has 142 valence electrons. The normalized spacial score (nSPS) is 11.9. The fourth-order valence-electron chi connectivity index (χ4n) is 2.74. The second-order valence-electron chi connectivity index (χ2n) is 6.28. The molecule has 1 N–H and O–H groups in total. The highest BCUT2D eigenvalue weighted by Crippen LogP contribution is 2.32. The summed E-state index contributed by atoms with van der Waals surface area (Å²) in [5.41, 5.74) is 1.72. The molecule has 0 saturated heterocycles. The Morgan fingerprint density at radius 1 is 1.07 bits per heavy atom. The number of carbonyl (C=O) groups excluding carboxylic acids is 2. The molecule has 6 nitrogen and oxygen atoms in total. The van der Waals surface area contributed by atoms with Crippen molar-refractivity contribution in [2.45, 2.75) is 26.4 Å². The zero-order valence-corrected chi connectivity index (χ0v) is 15.0. The Kier molecular flexibility index (Phi) is 5.90. The molecular formula is C20H21FN2O4. The summed E-state index contributed by atoms with van der Waals surface area (Å²) in [6, 6.07) is 11.5. The number of amides is 2. The van der Waals surface area contributed by atoms with E-state index in [1.165, 1.54) is 19.1 Å². The number of fused-ring (bicyclic) bond motifs is 1. The smallest absolute Gasteiger partial charge is 0.231 e. The summed E-state index contributed by atoms with van der Waals surface area (Å²) in [5.74, 6) is 0.752. The van der Waals surface area contributed by atoms with E-state index in [0.29, 0.717) is 31.1 Å². The molecule has 7 heteroatoms. The Morgan fingerprint density at radius 2 is 1.78 bits per heavy atom. The lowest BCUT2D eigenvalue weighted by Crippen LogP contribution is -2.33. The molecule has 2 aromatic carbocycles. The third kappa shape index (κ3) is 5.20. The van der Waals surface area contributed by atoms with E-state index in [9.17, 15) is 14.0 Å². The van der Waals surface area contributed by atoms with Crippen molar-refractivity contribution in [3.63, 3.8) is 0 Å². The van der Waals surface area contributed by atoms with Gasteiger partial charge in [0.2, 0.25) is 18.6 Å². The minimum absolute atomic E-state index is 0.112. The molecule has 0 radical (unpaired) electrons. The van der Waals surface area contributed by atoms with Crippen LogP contribution in [0.15, 0.2) is 42.5 Å². The first-order valence-corrected chi connectivity index (χ1v) is 8.66. The van der Waals surface area contributed by atoms with E-state index < -0.39 is 0 Å². The van der Waals surface area contributed by atoms with E-state index in [4.69, 9.17) is 9.47 Å². The van der Waals surface area contributed by atoms with Crippen LogP contribution in [0.5, 0.6) is 11.5 Å². The van der Waals surface area contributed by atoms with Gasteiger partial charge in [0.15, 0.2) is 11.5 Å². The van der Waals surface area contributed by atoms with Crippen LogP contribution in [0.2, 0.25) is 0 Å². The van der Waals surface area contributed by atoms with Crippen molar-refractivity contribution in [2.75, 3.05) is 13.3 Å². The minimum Gasteiger partial charge on any atom is -0.454 e. The molecule has 0 spiro atoms. The average molecular weight is 372 g/mol. The SMILES string of the molecule is CC(=O)N(CCC(=O)NCc1ccc(F)cc1)Cc1ccc2c(c1)OCO2. The molecule has 1 heterocycles. The van der Waals surface area contributed by atoms with E-state index in [2.05, 4.69) is 5.32 Å². The zero-order chi connectivity index (χ0) is 19.2. The largest absolute Gasteiger partial charge is 0.454 e. The second-order valence-corrected chi connectivity index (χ2v) is 6.28. The average Bonchev–Trinajstić information content (AvgIpc) is 3.12. The van der Waals surface area contributed by atoms with Crippen molar-refractivity contribution < 1.29 is 23.5 Å². The van der Waals surface area contributed by atoms with Crippen LogP contribution in [0, 0.1) is 5.82 Å². The van der Waals surface area contributed by atoms with Gasteiger partial charge in [-0.05, 0) is 35.4 Å². The standard InChI is InChI=1S/C20H21FN2O4/c1-14(24)23(12-16-4-7-18-19(10-16)27-13-26-18)9-8-20(25)22-11-15-2-5-17(21)6-3-15/h2-7,10H,8-9,11-13H2,1H3,(H,22,25). The summed E-state index contributed by atoms with van der Waals surface area (Å²) < 4.78 is 23.5. The van der Waals surface area contributed by atoms with Crippen LogP contribution in [0.1, 0.15) is 24.5 Å². The fourth-order valence-corrected chi connectivity index (χ4v) is 2.74. The lowest BCUT2D eigenvalue weighted by Gasteiger charge is -2.21. The van der Waals surface area contributed by atoms with Gasteiger partial charge in [0.25, 0.3) is 0 Å². The lowest BCUT2D eigenvalue weighted by atomic mass is 10.2. The topological polar surface area (TPSA) is 67.9 Å². The zero-order valence-electron chi connectivity index (χ0n) is 15.0. The Bertz CT molecular complexity index is 823. The number of carbonyl (C=O) groups is 2. The molecule has 0 saturated carbocycles. The molecule has 0 unspecified atom stereocenters. The Balaban J connectivity index is 1.49. The fraction of sp³-hybridized carbons (Fsp3) is 0.300. The molecule has 1 aliphatic heterocycles. The van der Waals surface area contributed by atoms with Crippen molar-refractivity contribution in [2.24, 2.45) is 0 Å². The predicted molar refractivity (Wildman–Crippen MR) is 96.5 cm³/mol. The number of ether oxygens (including phenoxy) is 2. The van der Waals surface area contributed by atoms with Crippen molar-refractivity contribution in [1.29, 1.82) is 0 Å². The second kappa shape index (κ2) is 8.53. The van der Waals surface area contributed by atoms with Gasteiger partial charge in [-0.1, -0.05) is 18.2 Å². The number of benzene rings is 2. The van der Waals surface area contributed by atoms with Gasteiger partial charge in [-0.25, -0.2) is 4.39 Å². The number of nitrogens with zero attached hydrogens (tertiary/aromatic N) is 1. The monoisotopic (exact) mass is 372 g/mol. The van der Waals surface area contributed by atoms with Gasteiger partial charge in [0, 0.05) is 33.0 Å². The summed E-state index contributed by atoms with van der Waals surface area (Å²) >= 11 is 0. The maximum absolute atomic E-state index is 12.9. The van der Waals surface area contributed by atoms with Gasteiger partial charge in [0.1, 0.15) is 5.82 Å². The Labute approximate surface area is 156 Å². The molecular weight excluding hydrogens is 351 g/mol. The number of hydrogen-bond donors (Lipinski definition) is 1. The van der Waals surface area contributed by atoms with E-state index in [-0.39, 0.29) is 30.8 Å².